The zero-order valence-electron chi connectivity index (χ0n) is 13.1. The van der Waals surface area contributed by atoms with Gasteiger partial charge in [0.1, 0.15) is 11.4 Å². The Morgan fingerprint density at radius 3 is 2.80 bits per heavy atom. The van der Waals surface area contributed by atoms with Gasteiger partial charge in [0, 0.05) is 30.7 Å². The molecule has 1 heterocycles. The summed E-state index contributed by atoms with van der Waals surface area (Å²) in [5, 5.41) is 12.8. The molecule has 0 saturated heterocycles. The maximum atomic E-state index is 9.19. The summed E-state index contributed by atoms with van der Waals surface area (Å²) in [7, 11) is 0. The van der Waals surface area contributed by atoms with Crippen molar-refractivity contribution in [2.45, 2.75) is 64.6 Å². The highest BCUT2D eigenvalue weighted by atomic mass is 16.5. The average Bonchev–Trinajstić information content (AvgIpc) is 2.71. The van der Waals surface area contributed by atoms with Crippen molar-refractivity contribution in [3.05, 3.63) is 29.3 Å². The SMILES string of the molecule is CCC(C)(CCO)NCc1cccc2c1OC(C)(C)C2. The van der Waals surface area contributed by atoms with Crippen molar-refractivity contribution in [1.29, 1.82) is 0 Å². The van der Waals surface area contributed by atoms with Crippen molar-refractivity contribution < 1.29 is 9.84 Å². The lowest BCUT2D eigenvalue weighted by Gasteiger charge is -2.29. The third kappa shape index (κ3) is 3.33. The van der Waals surface area contributed by atoms with E-state index in [1.807, 2.05) is 0 Å². The van der Waals surface area contributed by atoms with Crippen molar-refractivity contribution in [3.8, 4) is 5.75 Å². The fourth-order valence-electron chi connectivity index (χ4n) is 2.76. The number of aliphatic hydroxyl groups excluding tert-OH is 1. The van der Waals surface area contributed by atoms with Crippen LogP contribution >= 0.6 is 0 Å². The molecule has 3 heteroatoms. The van der Waals surface area contributed by atoms with E-state index < -0.39 is 0 Å². The van der Waals surface area contributed by atoms with Gasteiger partial charge >= 0.3 is 0 Å². The van der Waals surface area contributed by atoms with Gasteiger partial charge in [0.2, 0.25) is 0 Å². The van der Waals surface area contributed by atoms with Gasteiger partial charge in [0.25, 0.3) is 0 Å². The van der Waals surface area contributed by atoms with Gasteiger partial charge in [0.15, 0.2) is 0 Å². The quantitative estimate of drug-likeness (QED) is 0.840. The maximum absolute atomic E-state index is 9.19. The summed E-state index contributed by atoms with van der Waals surface area (Å²) in [6.45, 7) is 9.57. The van der Waals surface area contributed by atoms with Crippen LogP contribution in [0.25, 0.3) is 0 Å². The summed E-state index contributed by atoms with van der Waals surface area (Å²) in [4.78, 5) is 0. The molecule has 112 valence electrons. The van der Waals surface area contributed by atoms with E-state index >= 15 is 0 Å². The molecule has 1 aliphatic rings. The fraction of sp³-hybridized carbons (Fsp3) is 0.647. The summed E-state index contributed by atoms with van der Waals surface area (Å²) >= 11 is 0. The molecule has 3 nitrogen and oxygen atoms in total. The number of para-hydroxylation sites is 1. The number of rotatable bonds is 6. The molecule has 0 fully saturated rings. The van der Waals surface area contributed by atoms with Gasteiger partial charge in [0.05, 0.1) is 0 Å². The van der Waals surface area contributed by atoms with Crippen LogP contribution in [0.1, 0.15) is 51.7 Å². The van der Waals surface area contributed by atoms with E-state index in [-0.39, 0.29) is 17.7 Å². The van der Waals surface area contributed by atoms with Gasteiger partial charge < -0.3 is 15.2 Å². The molecule has 0 bridgehead atoms. The normalized spacial score (nSPS) is 19.2. The minimum Gasteiger partial charge on any atom is -0.487 e. The highest BCUT2D eigenvalue weighted by Crippen LogP contribution is 2.37. The molecule has 0 spiro atoms. The van der Waals surface area contributed by atoms with Gasteiger partial charge in [-0.25, -0.2) is 0 Å². The minimum atomic E-state index is -0.0996. The predicted molar refractivity (Wildman–Crippen MR) is 82.1 cm³/mol. The Labute approximate surface area is 122 Å². The van der Waals surface area contributed by atoms with Crippen LogP contribution in [0.4, 0.5) is 0 Å². The standard InChI is InChI=1S/C17H27NO2/c1-5-17(4,9-10-19)18-12-14-8-6-7-13-11-16(2,3)20-15(13)14/h6-8,18-19H,5,9-12H2,1-4H3. The maximum Gasteiger partial charge on any atom is 0.127 e. The number of fused-ring (bicyclic) bond motifs is 1. The van der Waals surface area contributed by atoms with Crippen LogP contribution in [0, 0.1) is 0 Å². The van der Waals surface area contributed by atoms with E-state index in [1.165, 1.54) is 11.1 Å². The Bertz CT molecular complexity index is 470. The smallest absolute Gasteiger partial charge is 0.127 e. The Morgan fingerprint density at radius 2 is 2.15 bits per heavy atom. The molecular weight excluding hydrogens is 250 g/mol. The number of benzene rings is 1. The Kier molecular flexibility index (Phi) is 4.40. The Morgan fingerprint density at radius 1 is 1.40 bits per heavy atom. The largest absolute Gasteiger partial charge is 0.487 e. The molecular formula is C17H27NO2. The summed E-state index contributed by atoms with van der Waals surface area (Å²) < 4.78 is 6.09. The molecule has 0 aliphatic carbocycles. The first kappa shape index (κ1) is 15.3. The van der Waals surface area contributed by atoms with Gasteiger partial charge in [-0.3, -0.25) is 0 Å². The van der Waals surface area contributed by atoms with E-state index in [4.69, 9.17) is 4.74 Å². The zero-order valence-corrected chi connectivity index (χ0v) is 13.1. The molecule has 2 N–H and O–H groups in total. The molecule has 0 saturated carbocycles. The summed E-state index contributed by atoms with van der Waals surface area (Å²) in [5.74, 6) is 1.05. The molecule has 1 atom stereocenters. The van der Waals surface area contributed by atoms with E-state index in [2.05, 4.69) is 51.2 Å². The summed E-state index contributed by atoms with van der Waals surface area (Å²) in [6, 6.07) is 6.39. The molecule has 0 amide bonds. The van der Waals surface area contributed by atoms with Gasteiger partial charge in [-0.2, -0.15) is 0 Å². The molecule has 1 unspecified atom stereocenters. The van der Waals surface area contributed by atoms with Crippen LogP contribution in [-0.2, 0) is 13.0 Å². The highest BCUT2D eigenvalue weighted by Gasteiger charge is 2.31. The number of hydrogen-bond acceptors (Lipinski definition) is 3. The summed E-state index contributed by atoms with van der Waals surface area (Å²) in [5.41, 5.74) is 2.39. The second-order valence-electron chi connectivity index (χ2n) is 6.69. The van der Waals surface area contributed by atoms with Gasteiger partial charge in [-0.15, -0.1) is 0 Å². The van der Waals surface area contributed by atoms with Crippen LogP contribution < -0.4 is 10.1 Å². The zero-order chi connectivity index (χ0) is 14.8. The van der Waals surface area contributed by atoms with E-state index in [0.717, 1.165) is 31.6 Å². The number of hydrogen-bond donors (Lipinski definition) is 2. The molecule has 1 aromatic rings. The number of aliphatic hydroxyl groups is 1. The van der Waals surface area contributed by atoms with Gasteiger partial charge in [-0.05, 0) is 39.2 Å². The summed E-state index contributed by atoms with van der Waals surface area (Å²) in [6.07, 6.45) is 2.73. The lowest BCUT2D eigenvalue weighted by molar-refractivity contribution is 0.136. The monoisotopic (exact) mass is 277 g/mol. The number of nitrogens with one attached hydrogen (secondary N) is 1. The topological polar surface area (TPSA) is 41.5 Å². The third-order valence-corrected chi connectivity index (χ3v) is 4.32. The van der Waals surface area contributed by atoms with E-state index in [1.54, 1.807) is 0 Å². The highest BCUT2D eigenvalue weighted by molar-refractivity contribution is 5.45. The molecule has 0 radical (unpaired) electrons. The average molecular weight is 277 g/mol. The third-order valence-electron chi connectivity index (χ3n) is 4.32. The van der Waals surface area contributed by atoms with Crippen LogP contribution in [0.2, 0.25) is 0 Å². The molecule has 20 heavy (non-hydrogen) atoms. The van der Waals surface area contributed by atoms with Crippen LogP contribution in [0.3, 0.4) is 0 Å². The lowest BCUT2D eigenvalue weighted by Crippen LogP contribution is -2.42. The first-order valence-corrected chi connectivity index (χ1v) is 7.55. The van der Waals surface area contributed by atoms with Crippen LogP contribution in [-0.4, -0.2) is 22.9 Å². The molecule has 0 aromatic heterocycles. The fourth-order valence-corrected chi connectivity index (χ4v) is 2.76. The first-order chi connectivity index (χ1) is 9.39. The Hall–Kier alpha value is -1.06. The lowest BCUT2D eigenvalue weighted by atomic mass is 9.94. The minimum absolute atomic E-state index is 0.0222. The predicted octanol–water partition coefficient (Wildman–Crippen LogP) is 3.04. The van der Waals surface area contributed by atoms with Crippen molar-refractivity contribution in [2.75, 3.05) is 6.61 Å². The van der Waals surface area contributed by atoms with E-state index in [0.29, 0.717) is 0 Å². The molecule has 2 rings (SSSR count). The Balaban J connectivity index is 2.11. The second kappa shape index (κ2) is 5.74. The molecule has 1 aromatic carbocycles. The van der Waals surface area contributed by atoms with Crippen molar-refractivity contribution >= 4 is 0 Å². The second-order valence-corrected chi connectivity index (χ2v) is 6.69. The van der Waals surface area contributed by atoms with E-state index in [9.17, 15) is 5.11 Å². The van der Waals surface area contributed by atoms with Crippen LogP contribution in [0.15, 0.2) is 18.2 Å². The first-order valence-electron chi connectivity index (χ1n) is 7.55. The molecule has 1 aliphatic heterocycles. The van der Waals surface area contributed by atoms with Crippen molar-refractivity contribution in [3.63, 3.8) is 0 Å². The number of ether oxygens (including phenoxy) is 1. The van der Waals surface area contributed by atoms with Crippen LogP contribution in [0.5, 0.6) is 5.75 Å². The van der Waals surface area contributed by atoms with Gasteiger partial charge in [-0.1, -0.05) is 25.1 Å². The van der Waals surface area contributed by atoms with Crippen molar-refractivity contribution in [2.24, 2.45) is 0 Å². The van der Waals surface area contributed by atoms with Crippen molar-refractivity contribution in [1.82, 2.24) is 5.32 Å².